The van der Waals surface area contributed by atoms with Crippen LogP contribution in [0, 0.1) is 6.92 Å². The minimum Gasteiger partial charge on any atom is -0.443 e. The zero-order valence-corrected chi connectivity index (χ0v) is 13.8. The molecular weight excluding hydrogens is 302 g/mol. The van der Waals surface area contributed by atoms with Gasteiger partial charge in [-0.25, -0.2) is 14.7 Å². The first kappa shape index (κ1) is 16.2. The molecule has 0 aliphatic carbocycles. The zero-order valence-electron chi connectivity index (χ0n) is 13.0. The fourth-order valence-corrected chi connectivity index (χ4v) is 1.99. The van der Waals surface area contributed by atoms with Crippen LogP contribution in [0.15, 0.2) is 36.7 Å². The van der Waals surface area contributed by atoms with E-state index in [1.807, 2.05) is 45.9 Å². The van der Waals surface area contributed by atoms with Crippen LogP contribution in [-0.2, 0) is 4.74 Å². The highest BCUT2D eigenvalue weighted by molar-refractivity contribution is 6.29. The van der Waals surface area contributed by atoms with Gasteiger partial charge in [0.25, 0.3) is 0 Å². The van der Waals surface area contributed by atoms with Gasteiger partial charge < -0.3 is 4.74 Å². The van der Waals surface area contributed by atoms with Gasteiger partial charge in [-0.05, 0) is 45.4 Å². The SMILES string of the molecule is Cc1cccc(N(C(=O)OC(C)(C)C)c2cncc(Cl)n2)c1. The molecule has 1 amide bonds. The van der Waals surface area contributed by atoms with Crippen molar-refractivity contribution in [3.8, 4) is 0 Å². The van der Waals surface area contributed by atoms with Crippen LogP contribution in [0.5, 0.6) is 0 Å². The van der Waals surface area contributed by atoms with E-state index >= 15 is 0 Å². The van der Waals surface area contributed by atoms with Gasteiger partial charge in [-0.3, -0.25) is 4.98 Å². The normalized spacial score (nSPS) is 11.1. The molecule has 0 fully saturated rings. The van der Waals surface area contributed by atoms with E-state index in [0.717, 1.165) is 5.56 Å². The number of rotatable bonds is 2. The van der Waals surface area contributed by atoms with Gasteiger partial charge in [-0.1, -0.05) is 23.7 Å². The number of anilines is 2. The van der Waals surface area contributed by atoms with Gasteiger partial charge in [0.05, 0.1) is 18.1 Å². The fraction of sp³-hybridized carbons (Fsp3) is 0.312. The van der Waals surface area contributed by atoms with Crippen molar-refractivity contribution in [3.63, 3.8) is 0 Å². The van der Waals surface area contributed by atoms with Crippen molar-refractivity contribution in [3.05, 3.63) is 47.4 Å². The van der Waals surface area contributed by atoms with Crippen LogP contribution in [0.3, 0.4) is 0 Å². The quantitative estimate of drug-likeness (QED) is 0.817. The third-order valence-corrected chi connectivity index (χ3v) is 2.84. The van der Waals surface area contributed by atoms with E-state index in [2.05, 4.69) is 9.97 Å². The average molecular weight is 320 g/mol. The number of nitrogens with zero attached hydrogens (tertiary/aromatic N) is 3. The second-order valence-electron chi connectivity index (χ2n) is 5.85. The van der Waals surface area contributed by atoms with Gasteiger partial charge in [0.1, 0.15) is 10.8 Å². The molecule has 22 heavy (non-hydrogen) atoms. The minimum absolute atomic E-state index is 0.207. The lowest BCUT2D eigenvalue weighted by atomic mass is 10.2. The Bertz CT molecular complexity index is 638. The molecule has 0 aliphatic heterocycles. The minimum atomic E-state index is -0.620. The van der Waals surface area contributed by atoms with Crippen LogP contribution in [0.2, 0.25) is 5.15 Å². The van der Waals surface area contributed by atoms with Crippen LogP contribution in [0.25, 0.3) is 0 Å². The number of amides is 1. The van der Waals surface area contributed by atoms with Gasteiger partial charge in [-0.15, -0.1) is 0 Å². The summed E-state index contributed by atoms with van der Waals surface area (Å²) in [6.07, 6.45) is 2.35. The van der Waals surface area contributed by atoms with E-state index in [1.54, 1.807) is 6.07 Å². The van der Waals surface area contributed by atoms with Crippen molar-refractivity contribution in [2.75, 3.05) is 4.90 Å². The molecule has 0 aliphatic rings. The smallest absolute Gasteiger partial charge is 0.420 e. The predicted octanol–water partition coefficient (Wildman–Crippen LogP) is 4.51. The molecule has 6 heteroatoms. The van der Waals surface area contributed by atoms with Crippen molar-refractivity contribution in [2.24, 2.45) is 0 Å². The third-order valence-electron chi connectivity index (χ3n) is 2.66. The molecule has 0 bridgehead atoms. The Morgan fingerprint density at radius 1 is 1.27 bits per heavy atom. The lowest BCUT2D eigenvalue weighted by Gasteiger charge is -2.26. The second-order valence-corrected chi connectivity index (χ2v) is 6.24. The Morgan fingerprint density at radius 3 is 2.59 bits per heavy atom. The Hall–Kier alpha value is -2.14. The van der Waals surface area contributed by atoms with Gasteiger partial charge >= 0.3 is 6.09 Å². The van der Waals surface area contributed by atoms with Crippen LogP contribution >= 0.6 is 11.6 Å². The number of aryl methyl sites for hydroxylation is 1. The highest BCUT2D eigenvalue weighted by Gasteiger charge is 2.26. The topological polar surface area (TPSA) is 55.3 Å². The summed E-state index contributed by atoms with van der Waals surface area (Å²) in [4.78, 5) is 22.1. The molecule has 0 atom stereocenters. The Kier molecular flexibility index (Phi) is 4.66. The van der Waals surface area contributed by atoms with E-state index in [9.17, 15) is 4.79 Å². The highest BCUT2D eigenvalue weighted by atomic mass is 35.5. The first-order valence-electron chi connectivity index (χ1n) is 6.83. The van der Waals surface area contributed by atoms with Crippen LogP contribution < -0.4 is 4.90 Å². The molecule has 1 heterocycles. The molecule has 1 aromatic carbocycles. The highest BCUT2D eigenvalue weighted by Crippen LogP contribution is 2.27. The van der Waals surface area contributed by atoms with E-state index in [1.165, 1.54) is 17.3 Å². The van der Waals surface area contributed by atoms with Crippen molar-refractivity contribution >= 4 is 29.2 Å². The van der Waals surface area contributed by atoms with E-state index in [0.29, 0.717) is 11.5 Å². The number of benzene rings is 1. The van der Waals surface area contributed by atoms with E-state index in [4.69, 9.17) is 16.3 Å². The van der Waals surface area contributed by atoms with E-state index < -0.39 is 11.7 Å². The van der Waals surface area contributed by atoms with Crippen molar-refractivity contribution in [1.82, 2.24) is 9.97 Å². The first-order valence-corrected chi connectivity index (χ1v) is 7.21. The van der Waals surface area contributed by atoms with Crippen molar-refractivity contribution in [2.45, 2.75) is 33.3 Å². The number of hydrogen-bond acceptors (Lipinski definition) is 4. The van der Waals surface area contributed by atoms with Gasteiger partial charge in [-0.2, -0.15) is 0 Å². The Balaban J connectivity index is 2.47. The Labute approximate surface area is 134 Å². The van der Waals surface area contributed by atoms with Gasteiger partial charge in [0, 0.05) is 0 Å². The maximum atomic E-state index is 12.6. The standard InChI is InChI=1S/C16H18ClN3O2/c1-11-6-5-7-12(8-11)20(15(21)22-16(2,3)4)14-10-18-9-13(17)19-14/h5-10H,1-4H3. The summed E-state index contributed by atoms with van der Waals surface area (Å²) < 4.78 is 5.46. The summed E-state index contributed by atoms with van der Waals surface area (Å²) >= 11 is 5.89. The molecule has 0 saturated heterocycles. The predicted molar refractivity (Wildman–Crippen MR) is 86.6 cm³/mol. The van der Waals surface area contributed by atoms with Crippen LogP contribution in [0.1, 0.15) is 26.3 Å². The number of aromatic nitrogens is 2. The summed E-state index contributed by atoms with van der Waals surface area (Å²) in [5, 5.41) is 0.207. The molecule has 0 radical (unpaired) electrons. The lowest BCUT2D eigenvalue weighted by molar-refractivity contribution is 0.0598. The monoisotopic (exact) mass is 319 g/mol. The summed E-state index contributed by atoms with van der Waals surface area (Å²) in [5.74, 6) is 0.312. The number of hydrogen-bond donors (Lipinski definition) is 0. The lowest BCUT2D eigenvalue weighted by Crippen LogP contribution is -2.34. The summed E-state index contributed by atoms with van der Waals surface area (Å²) in [5.41, 5.74) is 1.04. The summed E-state index contributed by atoms with van der Waals surface area (Å²) in [6, 6.07) is 7.48. The first-order chi connectivity index (χ1) is 10.3. The van der Waals surface area contributed by atoms with Gasteiger partial charge in [0.15, 0.2) is 5.82 Å². The molecule has 0 N–H and O–H groups in total. The summed E-state index contributed by atoms with van der Waals surface area (Å²) in [7, 11) is 0. The van der Waals surface area contributed by atoms with E-state index in [-0.39, 0.29) is 5.15 Å². The average Bonchev–Trinajstić information content (AvgIpc) is 2.37. The second kappa shape index (κ2) is 6.32. The maximum Gasteiger partial charge on any atom is 0.420 e. The van der Waals surface area contributed by atoms with Gasteiger partial charge in [0.2, 0.25) is 0 Å². The van der Waals surface area contributed by atoms with Crippen molar-refractivity contribution < 1.29 is 9.53 Å². The molecule has 0 saturated carbocycles. The number of halogens is 1. The molecule has 2 rings (SSSR count). The fourth-order valence-electron chi connectivity index (χ4n) is 1.85. The maximum absolute atomic E-state index is 12.6. The number of ether oxygens (including phenoxy) is 1. The van der Waals surface area contributed by atoms with Crippen LogP contribution in [0.4, 0.5) is 16.3 Å². The molecule has 0 unspecified atom stereocenters. The number of carbonyl (C=O) groups is 1. The molecule has 2 aromatic rings. The van der Waals surface area contributed by atoms with Crippen LogP contribution in [-0.4, -0.2) is 21.7 Å². The molecule has 5 nitrogen and oxygen atoms in total. The zero-order chi connectivity index (χ0) is 16.3. The largest absolute Gasteiger partial charge is 0.443 e. The number of carbonyl (C=O) groups excluding carboxylic acids is 1. The van der Waals surface area contributed by atoms with Crippen molar-refractivity contribution in [1.29, 1.82) is 0 Å². The Morgan fingerprint density at radius 2 is 2.00 bits per heavy atom. The molecule has 0 spiro atoms. The third kappa shape index (κ3) is 4.18. The molecular formula is C16H18ClN3O2. The molecule has 116 valence electrons. The molecule has 1 aromatic heterocycles. The summed E-state index contributed by atoms with van der Waals surface area (Å²) in [6.45, 7) is 7.37.